The fraction of sp³-hybridized carbons (Fsp3) is 0.200. The van der Waals surface area contributed by atoms with Crippen LogP contribution in [0.1, 0.15) is 32.9 Å². The molecular formula is C20H20N2O2S. The normalized spacial score (nSPS) is 10.6. The van der Waals surface area contributed by atoms with E-state index in [0.29, 0.717) is 12.1 Å². The van der Waals surface area contributed by atoms with Gasteiger partial charge in [-0.05, 0) is 31.5 Å². The third kappa shape index (κ3) is 4.31. The van der Waals surface area contributed by atoms with Crippen molar-refractivity contribution >= 4 is 17.7 Å². The minimum Gasteiger partial charge on any atom is -0.361 e. The molecule has 2 aromatic carbocycles. The number of benzene rings is 2. The van der Waals surface area contributed by atoms with E-state index < -0.39 is 0 Å². The molecule has 1 aromatic heterocycles. The van der Waals surface area contributed by atoms with Gasteiger partial charge in [0.2, 0.25) is 0 Å². The molecule has 5 heteroatoms. The minimum absolute atomic E-state index is 0.0642. The summed E-state index contributed by atoms with van der Waals surface area (Å²) in [6, 6.07) is 17.6. The van der Waals surface area contributed by atoms with Gasteiger partial charge >= 0.3 is 0 Å². The van der Waals surface area contributed by atoms with Crippen LogP contribution in [0.15, 0.2) is 64.0 Å². The molecule has 3 aromatic rings. The van der Waals surface area contributed by atoms with Crippen molar-refractivity contribution in [3.05, 3.63) is 82.7 Å². The van der Waals surface area contributed by atoms with Crippen molar-refractivity contribution in [2.45, 2.75) is 31.0 Å². The highest BCUT2D eigenvalue weighted by molar-refractivity contribution is 7.98. The Balaban J connectivity index is 1.69. The van der Waals surface area contributed by atoms with E-state index in [1.165, 1.54) is 0 Å². The first-order valence-corrected chi connectivity index (χ1v) is 9.09. The molecule has 0 saturated heterocycles. The lowest BCUT2D eigenvalue weighted by Gasteiger charge is -2.10. The Kier molecular flexibility index (Phi) is 5.56. The number of amides is 1. The molecule has 0 aliphatic carbocycles. The van der Waals surface area contributed by atoms with Gasteiger partial charge in [0, 0.05) is 22.8 Å². The van der Waals surface area contributed by atoms with Gasteiger partial charge in [0.1, 0.15) is 5.76 Å². The summed E-state index contributed by atoms with van der Waals surface area (Å²) in [5.41, 5.74) is 3.76. The van der Waals surface area contributed by atoms with Gasteiger partial charge < -0.3 is 9.84 Å². The van der Waals surface area contributed by atoms with Crippen molar-refractivity contribution in [3.63, 3.8) is 0 Å². The van der Waals surface area contributed by atoms with Crippen LogP contribution in [0.5, 0.6) is 0 Å². The number of nitrogens with zero attached hydrogens (tertiary/aromatic N) is 1. The van der Waals surface area contributed by atoms with Gasteiger partial charge in [-0.1, -0.05) is 47.6 Å². The molecule has 0 aliphatic heterocycles. The number of nitrogens with one attached hydrogen (secondary N) is 1. The average Bonchev–Trinajstić information content (AvgIpc) is 2.97. The van der Waals surface area contributed by atoms with Crippen LogP contribution >= 0.6 is 11.8 Å². The van der Waals surface area contributed by atoms with Gasteiger partial charge in [0.25, 0.3) is 5.91 Å². The van der Waals surface area contributed by atoms with E-state index >= 15 is 0 Å². The van der Waals surface area contributed by atoms with Crippen LogP contribution in [0.2, 0.25) is 0 Å². The monoisotopic (exact) mass is 352 g/mol. The van der Waals surface area contributed by atoms with Crippen molar-refractivity contribution in [2.75, 3.05) is 0 Å². The Hall–Kier alpha value is -2.53. The molecular weight excluding hydrogens is 332 g/mol. The Morgan fingerprint density at radius 3 is 2.52 bits per heavy atom. The van der Waals surface area contributed by atoms with Crippen molar-refractivity contribution in [3.8, 4) is 0 Å². The number of aryl methyl sites for hydroxylation is 2. The van der Waals surface area contributed by atoms with Crippen molar-refractivity contribution < 1.29 is 9.32 Å². The molecule has 1 N–H and O–H groups in total. The maximum atomic E-state index is 12.6. The van der Waals surface area contributed by atoms with E-state index in [9.17, 15) is 4.79 Å². The third-order valence-electron chi connectivity index (χ3n) is 3.98. The molecule has 4 nitrogen and oxygen atoms in total. The van der Waals surface area contributed by atoms with Gasteiger partial charge in [-0.25, -0.2) is 0 Å². The highest BCUT2D eigenvalue weighted by atomic mass is 32.2. The second kappa shape index (κ2) is 8.03. The summed E-state index contributed by atoms with van der Waals surface area (Å²) in [5, 5.41) is 6.97. The van der Waals surface area contributed by atoms with E-state index in [1.54, 1.807) is 11.8 Å². The molecule has 128 valence electrons. The molecule has 0 bridgehead atoms. The van der Waals surface area contributed by atoms with E-state index in [2.05, 4.69) is 10.5 Å². The zero-order valence-electron chi connectivity index (χ0n) is 14.3. The summed E-state index contributed by atoms with van der Waals surface area (Å²) in [6.07, 6.45) is 0. The first-order chi connectivity index (χ1) is 12.1. The van der Waals surface area contributed by atoms with Gasteiger partial charge in [-0.2, -0.15) is 0 Å². The van der Waals surface area contributed by atoms with E-state index in [-0.39, 0.29) is 5.91 Å². The number of thioether (sulfide) groups is 1. The van der Waals surface area contributed by atoms with Crippen LogP contribution in [0.3, 0.4) is 0 Å². The van der Waals surface area contributed by atoms with Crippen LogP contribution in [0.25, 0.3) is 0 Å². The lowest BCUT2D eigenvalue weighted by Crippen LogP contribution is -2.23. The molecule has 0 saturated carbocycles. The number of carbonyl (C=O) groups is 1. The molecule has 0 radical (unpaired) electrons. The lowest BCUT2D eigenvalue weighted by molar-refractivity contribution is 0.0948. The highest BCUT2D eigenvalue weighted by Gasteiger charge is 2.14. The number of hydrogen-bond acceptors (Lipinski definition) is 4. The van der Waals surface area contributed by atoms with Crippen LogP contribution in [0.4, 0.5) is 0 Å². The zero-order valence-corrected chi connectivity index (χ0v) is 15.1. The molecule has 3 rings (SSSR count). The number of rotatable bonds is 6. The van der Waals surface area contributed by atoms with E-state index in [1.807, 2.05) is 68.4 Å². The topological polar surface area (TPSA) is 55.1 Å². The molecule has 0 unspecified atom stereocenters. The smallest absolute Gasteiger partial charge is 0.252 e. The quantitative estimate of drug-likeness (QED) is 0.663. The van der Waals surface area contributed by atoms with Crippen LogP contribution in [-0.2, 0) is 12.3 Å². The molecule has 0 spiro atoms. The second-order valence-electron chi connectivity index (χ2n) is 5.76. The molecule has 0 aliphatic rings. The first-order valence-electron chi connectivity index (χ1n) is 8.11. The summed E-state index contributed by atoms with van der Waals surface area (Å²) in [6.45, 7) is 4.36. The Morgan fingerprint density at radius 1 is 1.08 bits per heavy atom. The largest absolute Gasteiger partial charge is 0.361 e. The second-order valence-corrected chi connectivity index (χ2v) is 6.77. The van der Waals surface area contributed by atoms with Crippen LogP contribution < -0.4 is 5.32 Å². The fourth-order valence-corrected chi connectivity index (χ4v) is 3.71. The maximum absolute atomic E-state index is 12.6. The Bertz CT molecular complexity index is 840. The number of aromatic nitrogens is 1. The lowest BCUT2D eigenvalue weighted by atomic mass is 10.2. The molecule has 25 heavy (non-hydrogen) atoms. The van der Waals surface area contributed by atoms with Gasteiger partial charge in [-0.15, -0.1) is 11.8 Å². The SMILES string of the molecule is Cc1noc(C)c1CSc1ccccc1C(=O)NCc1ccccc1. The minimum atomic E-state index is -0.0642. The van der Waals surface area contributed by atoms with Crippen LogP contribution in [0, 0.1) is 13.8 Å². The predicted octanol–water partition coefficient (Wildman–Crippen LogP) is 4.51. The summed E-state index contributed by atoms with van der Waals surface area (Å²) < 4.78 is 5.21. The average molecular weight is 352 g/mol. The predicted molar refractivity (Wildman–Crippen MR) is 99.6 cm³/mol. The third-order valence-corrected chi connectivity index (χ3v) is 5.08. The molecule has 1 amide bonds. The van der Waals surface area contributed by atoms with Crippen LogP contribution in [-0.4, -0.2) is 11.1 Å². The van der Waals surface area contributed by atoms with Crippen molar-refractivity contribution in [1.29, 1.82) is 0 Å². The van der Waals surface area contributed by atoms with Crippen molar-refractivity contribution in [2.24, 2.45) is 0 Å². The van der Waals surface area contributed by atoms with Gasteiger partial charge in [0.05, 0.1) is 11.3 Å². The fourth-order valence-electron chi connectivity index (χ4n) is 2.51. The zero-order chi connectivity index (χ0) is 17.6. The number of carbonyl (C=O) groups excluding carboxylic acids is 1. The Morgan fingerprint density at radius 2 is 1.80 bits per heavy atom. The highest BCUT2D eigenvalue weighted by Crippen LogP contribution is 2.28. The Labute approximate surface area is 151 Å². The maximum Gasteiger partial charge on any atom is 0.252 e. The van der Waals surface area contributed by atoms with E-state index in [4.69, 9.17) is 4.52 Å². The summed E-state index contributed by atoms with van der Waals surface area (Å²) in [4.78, 5) is 13.5. The standard InChI is InChI=1S/C20H20N2O2S/c1-14-18(15(2)24-22-14)13-25-19-11-7-6-10-17(19)20(23)21-12-16-8-4-3-5-9-16/h3-11H,12-13H2,1-2H3,(H,21,23). The summed E-state index contributed by atoms with van der Waals surface area (Å²) in [5.74, 6) is 1.49. The summed E-state index contributed by atoms with van der Waals surface area (Å²) in [7, 11) is 0. The summed E-state index contributed by atoms with van der Waals surface area (Å²) >= 11 is 1.62. The molecule has 0 fully saturated rings. The van der Waals surface area contributed by atoms with Gasteiger partial charge in [0.15, 0.2) is 0 Å². The first kappa shape index (κ1) is 17.3. The van der Waals surface area contributed by atoms with Gasteiger partial charge in [-0.3, -0.25) is 4.79 Å². The number of hydrogen-bond donors (Lipinski definition) is 1. The molecule has 0 atom stereocenters. The van der Waals surface area contributed by atoms with E-state index in [0.717, 1.165) is 33.2 Å². The van der Waals surface area contributed by atoms with Crippen molar-refractivity contribution in [1.82, 2.24) is 10.5 Å². The molecule has 1 heterocycles.